The maximum absolute atomic E-state index is 12.6. The van der Waals surface area contributed by atoms with Crippen LogP contribution in [0.5, 0.6) is 0 Å². The number of aromatic nitrogens is 2. The van der Waals surface area contributed by atoms with Crippen LogP contribution in [0, 0.1) is 5.92 Å². The third-order valence-electron chi connectivity index (χ3n) is 5.69. The summed E-state index contributed by atoms with van der Waals surface area (Å²) in [6, 6.07) is 13.4. The third kappa shape index (κ3) is 7.21. The molecule has 10 heteroatoms. The number of hydrogen-bond acceptors (Lipinski definition) is 6. The molecule has 1 fully saturated rings. The zero-order valence-corrected chi connectivity index (χ0v) is 22.4. The van der Waals surface area contributed by atoms with Gasteiger partial charge in [0.05, 0.1) is 6.54 Å². The summed E-state index contributed by atoms with van der Waals surface area (Å²) >= 11 is 17.3. The van der Waals surface area contributed by atoms with E-state index in [0.29, 0.717) is 34.8 Å². The SMILES string of the molecule is O=C(NCCSCc1ccc(Cl)cc1Cl)C1CCN(Cc2nc(-c3cccc(Br)c3)no2)CC1. The largest absolute Gasteiger partial charge is 0.355 e. The first-order valence-electron chi connectivity index (χ1n) is 11.1. The maximum atomic E-state index is 12.6. The summed E-state index contributed by atoms with van der Waals surface area (Å²) in [4.78, 5) is 19.3. The van der Waals surface area contributed by atoms with E-state index in [1.807, 2.05) is 36.4 Å². The molecule has 0 bridgehead atoms. The maximum Gasteiger partial charge on any atom is 0.241 e. The number of thioether (sulfide) groups is 1. The van der Waals surface area contributed by atoms with Gasteiger partial charge >= 0.3 is 0 Å². The smallest absolute Gasteiger partial charge is 0.241 e. The van der Waals surface area contributed by atoms with Crippen LogP contribution in [0.25, 0.3) is 11.4 Å². The fraction of sp³-hybridized carbons (Fsp3) is 0.375. The van der Waals surface area contributed by atoms with Gasteiger partial charge in [0.1, 0.15) is 0 Å². The van der Waals surface area contributed by atoms with Crippen molar-refractivity contribution in [3.8, 4) is 11.4 Å². The molecule has 6 nitrogen and oxygen atoms in total. The molecule has 1 aliphatic rings. The standard InChI is InChI=1S/C24H25BrCl2N4O2S/c25-19-3-1-2-17(12-19)23-29-22(33-30-23)14-31-9-6-16(7-10-31)24(32)28-8-11-34-15-18-4-5-20(26)13-21(18)27/h1-5,12-13,16H,6-11,14-15H2,(H,28,32). The monoisotopic (exact) mass is 582 g/mol. The second-order valence-electron chi connectivity index (χ2n) is 8.15. The molecule has 0 atom stereocenters. The van der Waals surface area contributed by atoms with Gasteiger partial charge in [0.25, 0.3) is 0 Å². The minimum absolute atomic E-state index is 0.0480. The Kier molecular flexibility index (Phi) is 9.31. The molecule has 3 aromatic rings. The summed E-state index contributed by atoms with van der Waals surface area (Å²) < 4.78 is 6.42. The lowest BCUT2D eigenvalue weighted by molar-refractivity contribution is -0.126. The Morgan fingerprint density at radius 1 is 1.21 bits per heavy atom. The molecule has 0 saturated carbocycles. The molecule has 0 unspecified atom stereocenters. The van der Waals surface area contributed by atoms with Crippen molar-refractivity contribution in [2.24, 2.45) is 5.92 Å². The van der Waals surface area contributed by atoms with Gasteiger partial charge in [-0.1, -0.05) is 62.5 Å². The van der Waals surface area contributed by atoms with Crippen molar-refractivity contribution in [2.75, 3.05) is 25.4 Å². The molecule has 1 aromatic heterocycles. The van der Waals surface area contributed by atoms with Crippen molar-refractivity contribution < 1.29 is 9.32 Å². The van der Waals surface area contributed by atoms with Crippen molar-refractivity contribution in [1.29, 1.82) is 0 Å². The molecule has 2 heterocycles. The number of benzene rings is 2. The average Bonchev–Trinajstić information content (AvgIpc) is 3.29. The summed E-state index contributed by atoms with van der Waals surface area (Å²) in [5.74, 6) is 2.99. The topological polar surface area (TPSA) is 71.3 Å². The van der Waals surface area contributed by atoms with Gasteiger partial charge in [0.2, 0.25) is 17.6 Å². The summed E-state index contributed by atoms with van der Waals surface area (Å²) in [5, 5.41) is 8.50. The highest BCUT2D eigenvalue weighted by molar-refractivity contribution is 9.10. The summed E-state index contributed by atoms with van der Waals surface area (Å²) in [5.41, 5.74) is 1.97. The molecular weight excluding hydrogens is 559 g/mol. The van der Waals surface area contributed by atoms with Crippen LogP contribution in [0.3, 0.4) is 0 Å². The van der Waals surface area contributed by atoms with Gasteiger partial charge in [0, 0.05) is 44.0 Å². The second-order valence-corrected chi connectivity index (χ2v) is 11.0. The minimum Gasteiger partial charge on any atom is -0.355 e. The minimum atomic E-state index is 0.0480. The number of nitrogens with one attached hydrogen (secondary N) is 1. The fourth-order valence-corrected chi connectivity index (χ4v) is 5.64. The number of likely N-dealkylation sites (tertiary alicyclic amines) is 1. The van der Waals surface area contributed by atoms with Crippen molar-refractivity contribution in [1.82, 2.24) is 20.4 Å². The van der Waals surface area contributed by atoms with Crippen molar-refractivity contribution in [2.45, 2.75) is 25.1 Å². The predicted molar refractivity (Wildman–Crippen MR) is 141 cm³/mol. The molecule has 1 aliphatic heterocycles. The molecule has 4 rings (SSSR count). The predicted octanol–water partition coefficient (Wildman–Crippen LogP) is 6.07. The van der Waals surface area contributed by atoms with Gasteiger partial charge in [0.15, 0.2) is 0 Å². The lowest BCUT2D eigenvalue weighted by Crippen LogP contribution is -2.40. The van der Waals surface area contributed by atoms with Gasteiger partial charge < -0.3 is 9.84 Å². The molecule has 0 aliphatic carbocycles. The van der Waals surface area contributed by atoms with E-state index in [4.69, 9.17) is 27.7 Å². The molecule has 0 radical (unpaired) electrons. The summed E-state index contributed by atoms with van der Waals surface area (Å²) in [6.45, 7) is 2.90. The number of rotatable bonds is 9. The van der Waals surface area contributed by atoms with Crippen LogP contribution in [0.2, 0.25) is 10.0 Å². The molecule has 2 aromatic carbocycles. The third-order valence-corrected chi connectivity index (χ3v) is 7.77. The van der Waals surface area contributed by atoms with Crippen LogP contribution >= 0.6 is 50.9 Å². The van der Waals surface area contributed by atoms with E-state index in [0.717, 1.165) is 53.0 Å². The summed E-state index contributed by atoms with van der Waals surface area (Å²) in [6.07, 6.45) is 1.65. The number of carbonyl (C=O) groups excluding carboxylic acids is 1. The van der Waals surface area contributed by atoms with Crippen LogP contribution in [-0.2, 0) is 17.1 Å². The fourth-order valence-electron chi connectivity index (χ4n) is 3.82. The van der Waals surface area contributed by atoms with Crippen LogP contribution in [0.4, 0.5) is 0 Å². The van der Waals surface area contributed by atoms with Gasteiger partial charge in [-0.25, -0.2) is 0 Å². The molecule has 1 N–H and O–H groups in total. The van der Waals surface area contributed by atoms with Gasteiger partial charge in [-0.3, -0.25) is 9.69 Å². The first kappa shape index (κ1) is 25.5. The van der Waals surface area contributed by atoms with E-state index < -0.39 is 0 Å². The number of nitrogens with zero attached hydrogens (tertiary/aromatic N) is 3. The van der Waals surface area contributed by atoms with Crippen LogP contribution in [-0.4, -0.2) is 46.3 Å². The van der Waals surface area contributed by atoms with E-state index >= 15 is 0 Å². The summed E-state index contributed by atoms with van der Waals surface area (Å²) in [7, 11) is 0. The van der Waals surface area contributed by atoms with Gasteiger partial charge in [-0.2, -0.15) is 16.7 Å². The second kappa shape index (κ2) is 12.4. The Morgan fingerprint density at radius 3 is 2.79 bits per heavy atom. The van der Waals surface area contributed by atoms with Crippen molar-refractivity contribution >= 4 is 56.8 Å². The highest BCUT2D eigenvalue weighted by atomic mass is 79.9. The number of halogens is 3. The number of carbonyl (C=O) groups is 1. The molecular formula is C24H25BrCl2N4O2S. The number of piperidine rings is 1. The van der Waals surface area contributed by atoms with Gasteiger partial charge in [-0.15, -0.1) is 0 Å². The Morgan fingerprint density at radius 2 is 2.03 bits per heavy atom. The first-order valence-corrected chi connectivity index (χ1v) is 13.8. The van der Waals surface area contributed by atoms with E-state index in [2.05, 4.69) is 36.3 Å². The lowest BCUT2D eigenvalue weighted by Gasteiger charge is -2.30. The first-order chi connectivity index (χ1) is 16.5. The lowest BCUT2D eigenvalue weighted by atomic mass is 9.96. The van der Waals surface area contributed by atoms with Crippen molar-refractivity contribution in [3.05, 3.63) is 68.4 Å². The van der Waals surface area contributed by atoms with Gasteiger partial charge in [-0.05, 0) is 55.8 Å². The quantitative estimate of drug-likeness (QED) is 0.308. The van der Waals surface area contributed by atoms with E-state index in [1.54, 1.807) is 17.8 Å². The van der Waals surface area contributed by atoms with E-state index in [1.165, 1.54) is 0 Å². The highest BCUT2D eigenvalue weighted by Gasteiger charge is 2.25. The van der Waals surface area contributed by atoms with Crippen LogP contribution in [0.1, 0.15) is 24.3 Å². The zero-order chi connectivity index (χ0) is 23.9. The highest BCUT2D eigenvalue weighted by Crippen LogP contribution is 2.25. The molecule has 180 valence electrons. The molecule has 1 amide bonds. The van der Waals surface area contributed by atoms with E-state index in [9.17, 15) is 4.79 Å². The van der Waals surface area contributed by atoms with Crippen LogP contribution < -0.4 is 5.32 Å². The van der Waals surface area contributed by atoms with Crippen molar-refractivity contribution in [3.63, 3.8) is 0 Å². The number of amides is 1. The zero-order valence-electron chi connectivity index (χ0n) is 18.5. The number of hydrogen-bond donors (Lipinski definition) is 1. The molecule has 34 heavy (non-hydrogen) atoms. The average molecular weight is 584 g/mol. The Hall–Kier alpha value is -1.58. The Balaban J connectivity index is 1.14. The molecule has 1 saturated heterocycles. The normalized spacial score (nSPS) is 14.9. The Bertz CT molecular complexity index is 1120. The van der Waals surface area contributed by atoms with Crippen LogP contribution in [0.15, 0.2) is 51.5 Å². The Labute approximate surface area is 221 Å². The van der Waals surface area contributed by atoms with E-state index in [-0.39, 0.29) is 11.8 Å². The molecule has 0 spiro atoms.